The normalized spacial score (nSPS) is 11.6. The Morgan fingerprint density at radius 3 is 2.44 bits per heavy atom. The molecule has 2 aromatic rings. The molecule has 0 radical (unpaired) electrons. The molecule has 0 aliphatic rings. The van der Waals surface area contributed by atoms with Gasteiger partial charge in [0.1, 0.15) is 5.75 Å². The van der Waals surface area contributed by atoms with Crippen LogP contribution in [0.1, 0.15) is 5.82 Å². The lowest BCUT2D eigenvalue weighted by atomic mass is 10.3. The number of nitrogens with zero attached hydrogens (tertiary/aromatic N) is 3. The van der Waals surface area contributed by atoms with Gasteiger partial charge in [0.25, 0.3) is 0 Å². The number of rotatable bonds is 6. The van der Waals surface area contributed by atoms with E-state index >= 15 is 0 Å². The summed E-state index contributed by atoms with van der Waals surface area (Å²) in [5, 5.41) is 8.83. The highest BCUT2D eigenvalue weighted by atomic mass is 32.2. The Morgan fingerprint density at radius 1 is 1.28 bits per heavy atom. The minimum Gasteiger partial charge on any atom is -0.435 e. The van der Waals surface area contributed by atoms with Gasteiger partial charge < -0.3 is 14.6 Å². The number of hydrogen-bond acceptors (Lipinski definition) is 5. The van der Waals surface area contributed by atoms with Crippen molar-refractivity contribution in [2.24, 2.45) is 7.05 Å². The van der Waals surface area contributed by atoms with E-state index in [1.54, 1.807) is 0 Å². The summed E-state index contributed by atoms with van der Waals surface area (Å²) in [6.45, 7) is -2.95. The Hall–Kier alpha value is -2.37. The summed E-state index contributed by atoms with van der Waals surface area (Å²) in [5.41, 5.74) is 0.321. The highest BCUT2D eigenvalue weighted by Crippen LogP contribution is 2.29. The summed E-state index contributed by atoms with van der Waals surface area (Å²) < 4.78 is 66.7. The zero-order valence-electron chi connectivity index (χ0n) is 12.6. The van der Waals surface area contributed by atoms with Gasteiger partial charge in [0.2, 0.25) is 11.7 Å². The Kier molecular flexibility index (Phi) is 5.82. The van der Waals surface area contributed by atoms with Gasteiger partial charge in [-0.1, -0.05) is 11.8 Å². The number of ether oxygens (including phenoxy) is 1. The molecule has 0 aliphatic heterocycles. The third-order valence-electron chi connectivity index (χ3n) is 2.78. The van der Waals surface area contributed by atoms with Gasteiger partial charge in [-0.15, -0.1) is 10.2 Å². The third-order valence-corrected chi connectivity index (χ3v) is 3.80. The van der Waals surface area contributed by atoms with Gasteiger partial charge in [-0.25, -0.2) is 0 Å². The van der Waals surface area contributed by atoms with E-state index in [4.69, 9.17) is 0 Å². The second kappa shape index (κ2) is 7.68. The molecular weight excluding hydrogens is 371 g/mol. The summed E-state index contributed by atoms with van der Waals surface area (Å²) in [6.07, 6.45) is -4.63. The minimum absolute atomic E-state index is 0.0665. The van der Waals surface area contributed by atoms with E-state index in [2.05, 4.69) is 20.3 Å². The summed E-state index contributed by atoms with van der Waals surface area (Å²) in [4.78, 5) is 11.8. The van der Waals surface area contributed by atoms with Gasteiger partial charge in [-0.2, -0.15) is 22.0 Å². The molecule has 0 saturated heterocycles. The molecule has 136 valence electrons. The average molecular weight is 382 g/mol. The molecule has 0 unspecified atom stereocenters. The number of nitrogens with one attached hydrogen (secondary N) is 1. The average Bonchev–Trinajstić information content (AvgIpc) is 2.88. The number of halogens is 5. The Morgan fingerprint density at radius 2 is 1.92 bits per heavy atom. The molecule has 0 aliphatic carbocycles. The number of carbonyl (C=O) groups is 1. The van der Waals surface area contributed by atoms with Gasteiger partial charge in [-0.3, -0.25) is 4.79 Å². The van der Waals surface area contributed by atoms with Crippen LogP contribution in [-0.4, -0.2) is 33.0 Å². The summed E-state index contributed by atoms with van der Waals surface area (Å²) in [6, 6.07) is 5.19. The van der Waals surface area contributed by atoms with E-state index in [-0.39, 0.29) is 16.7 Å². The fraction of sp³-hybridized carbons (Fsp3) is 0.308. The largest absolute Gasteiger partial charge is 0.451 e. The summed E-state index contributed by atoms with van der Waals surface area (Å²) in [5.74, 6) is -1.95. The summed E-state index contributed by atoms with van der Waals surface area (Å²) >= 11 is 0.776. The molecule has 6 nitrogen and oxygen atoms in total. The second-order valence-electron chi connectivity index (χ2n) is 4.60. The number of alkyl halides is 5. The number of thioether (sulfide) groups is 1. The van der Waals surface area contributed by atoms with E-state index < -0.39 is 24.5 Å². The van der Waals surface area contributed by atoms with Crippen molar-refractivity contribution in [3.8, 4) is 5.75 Å². The maximum Gasteiger partial charge on any atom is 0.451 e. The molecule has 1 heterocycles. The van der Waals surface area contributed by atoms with E-state index in [0.29, 0.717) is 5.69 Å². The molecule has 25 heavy (non-hydrogen) atoms. The second-order valence-corrected chi connectivity index (χ2v) is 5.55. The van der Waals surface area contributed by atoms with Crippen molar-refractivity contribution in [3.63, 3.8) is 0 Å². The van der Waals surface area contributed by atoms with Crippen LogP contribution >= 0.6 is 11.8 Å². The zero-order valence-corrected chi connectivity index (χ0v) is 13.4. The van der Waals surface area contributed by atoms with Crippen molar-refractivity contribution in [2.45, 2.75) is 17.9 Å². The maximum absolute atomic E-state index is 12.6. The van der Waals surface area contributed by atoms with Crippen LogP contribution in [0.15, 0.2) is 29.4 Å². The van der Waals surface area contributed by atoms with Crippen molar-refractivity contribution in [1.82, 2.24) is 14.8 Å². The Balaban J connectivity index is 1.90. The van der Waals surface area contributed by atoms with Gasteiger partial charge >= 0.3 is 12.8 Å². The number of amides is 1. The van der Waals surface area contributed by atoms with Crippen LogP contribution in [-0.2, 0) is 18.0 Å². The number of carbonyl (C=O) groups excluding carboxylic acids is 1. The lowest BCUT2D eigenvalue weighted by Gasteiger charge is -2.08. The molecule has 0 spiro atoms. The topological polar surface area (TPSA) is 69.0 Å². The Bertz CT molecular complexity index is 733. The van der Waals surface area contributed by atoms with Crippen molar-refractivity contribution in [3.05, 3.63) is 30.1 Å². The van der Waals surface area contributed by atoms with Crippen molar-refractivity contribution in [1.29, 1.82) is 0 Å². The van der Waals surface area contributed by atoms with Gasteiger partial charge in [0, 0.05) is 12.7 Å². The highest BCUT2D eigenvalue weighted by Gasteiger charge is 2.37. The van der Waals surface area contributed by atoms with Crippen LogP contribution in [0.25, 0.3) is 0 Å². The number of hydrogen-bond donors (Lipinski definition) is 1. The molecule has 1 aromatic heterocycles. The molecule has 2 rings (SSSR count). The number of anilines is 1. The minimum atomic E-state index is -4.63. The number of benzene rings is 1. The first kappa shape index (κ1) is 19.0. The van der Waals surface area contributed by atoms with E-state index in [9.17, 15) is 26.7 Å². The monoisotopic (exact) mass is 382 g/mol. The molecule has 0 saturated carbocycles. The molecule has 0 fully saturated rings. The van der Waals surface area contributed by atoms with Gasteiger partial charge in [0.15, 0.2) is 5.16 Å². The van der Waals surface area contributed by atoms with Crippen LogP contribution in [0.4, 0.5) is 27.6 Å². The predicted molar refractivity (Wildman–Crippen MR) is 78.4 cm³/mol. The van der Waals surface area contributed by atoms with Gasteiger partial charge in [0.05, 0.1) is 5.75 Å². The van der Waals surface area contributed by atoms with Crippen LogP contribution in [0.3, 0.4) is 0 Å². The molecule has 1 aromatic carbocycles. The molecule has 0 bridgehead atoms. The lowest BCUT2D eigenvalue weighted by molar-refractivity contribution is -0.147. The maximum atomic E-state index is 12.6. The zero-order chi connectivity index (χ0) is 18.6. The summed E-state index contributed by atoms with van der Waals surface area (Å²) in [7, 11) is 1.14. The van der Waals surface area contributed by atoms with Crippen molar-refractivity contribution in [2.75, 3.05) is 11.1 Å². The first-order chi connectivity index (χ1) is 11.7. The number of aromatic nitrogens is 3. The Labute approximate surface area is 142 Å². The van der Waals surface area contributed by atoms with Crippen LogP contribution in [0.2, 0.25) is 0 Å². The van der Waals surface area contributed by atoms with Crippen LogP contribution in [0, 0.1) is 0 Å². The first-order valence-electron chi connectivity index (χ1n) is 6.61. The van der Waals surface area contributed by atoms with Crippen molar-refractivity contribution < 1.29 is 31.5 Å². The molecule has 1 amide bonds. The van der Waals surface area contributed by atoms with Crippen LogP contribution in [0.5, 0.6) is 5.75 Å². The third kappa shape index (κ3) is 5.31. The van der Waals surface area contributed by atoms with E-state index in [1.165, 1.54) is 24.3 Å². The first-order valence-corrected chi connectivity index (χ1v) is 7.59. The highest BCUT2D eigenvalue weighted by molar-refractivity contribution is 7.99. The van der Waals surface area contributed by atoms with Gasteiger partial charge in [-0.05, 0) is 24.3 Å². The SMILES string of the molecule is Cn1c(SCC(=O)Nc2ccc(OC(F)F)cc2)nnc1C(F)(F)F. The van der Waals surface area contributed by atoms with Crippen LogP contribution < -0.4 is 10.1 Å². The standard InChI is InChI=1S/C13H11F5N4O2S/c1-22-10(13(16,17)18)20-21-12(22)25-6-9(23)19-7-2-4-8(5-3-7)24-11(14)15/h2-5,11H,6H2,1H3,(H,19,23). The molecule has 1 N–H and O–H groups in total. The van der Waals surface area contributed by atoms with E-state index in [0.717, 1.165) is 23.4 Å². The molecule has 0 atom stereocenters. The van der Waals surface area contributed by atoms with E-state index in [1.807, 2.05) is 0 Å². The predicted octanol–water partition coefficient (Wildman–Crippen LogP) is 3.17. The molecule has 12 heteroatoms. The smallest absolute Gasteiger partial charge is 0.435 e. The quantitative estimate of drug-likeness (QED) is 0.614. The lowest BCUT2D eigenvalue weighted by Crippen LogP contribution is -2.15. The molecular formula is C13H11F5N4O2S. The fourth-order valence-electron chi connectivity index (χ4n) is 1.73. The fourth-order valence-corrected chi connectivity index (χ4v) is 2.45. The van der Waals surface area contributed by atoms with Crippen molar-refractivity contribution >= 4 is 23.4 Å².